The molecule has 0 radical (unpaired) electrons. The molecule has 0 saturated heterocycles. The fourth-order valence-corrected chi connectivity index (χ4v) is 4.67. The molecule has 5 nitrogen and oxygen atoms in total. The lowest BCUT2D eigenvalue weighted by Crippen LogP contribution is -2.13. The second-order valence-electron chi connectivity index (χ2n) is 4.96. The van der Waals surface area contributed by atoms with Gasteiger partial charge in [0.05, 0.1) is 5.02 Å². The minimum Gasteiger partial charge on any atom is -0.253 e. The maximum absolute atomic E-state index is 12.4. The van der Waals surface area contributed by atoms with Crippen molar-refractivity contribution < 1.29 is 8.42 Å². The van der Waals surface area contributed by atoms with Gasteiger partial charge in [-0.3, -0.25) is 4.72 Å². The van der Waals surface area contributed by atoms with Gasteiger partial charge >= 0.3 is 0 Å². The lowest BCUT2D eigenvalue weighted by atomic mass is 10.2. The Labute approximate surface area is 153 Å². The molecule has 0 atom stereocenters. The molecule has 0 amide bonds. The molecule has 3 rings (SSSR count). The number of sulfonamides is 1. The normalized spacial score (nSPS) is 11.5. The highest BCUT2D eigenvalue weighted by Gasteiger charge is 2.20. The van der Waals surface area contributed by atoms with E-state index in [4.69, 9.17) is 23.2 Å². The van der Waals surface area contributed by atoms with Gasteiger partial charge in [-0.1, -0.05) is 64.4 Å². The van der Waals surface area contributed by atoms with Gasteiger partial charge in [0.1, 0.15) is 9.90 Å². The average Bonchev–Trinajstić information content (AvgIpc) is 2.98. The van der Waals surface area contributed by atoms with Crippen LogP contribution in [0.1, 0.15) is 5.56 Å². The molecule has 1 aromatic heterocycles. The van der Waals surface area contributed by atoms with Gasteiger partial charge in [0.2, 0.25) is 5.13 Å². The number of aromatic nitrogens is 2. The van der Waals surface area contributed by atoms with Crippen molar-refractivity contribution in [2.45, 2.75) is 11.8 Å². The van der Waals surface area contributed by atoms with Crippen LogP contribution in [-0.2, 0) is 10.0 Å². The van der Waals surface area contributed by atoms with Gasteiger partial charge in [-0.05, 0) is 25.1 Å². The Bertz CT molecular complexity index is 986. The van der Waals surface area contributed by atoms with E-state index in [1.165, 1.54) is 18.2 Å². The van der Waals surface area contributed by atoms with E-state index >= 15 is 0 Å². The van der Waals surface area contributed by atoms with Crippen molar-refractivity contribution in [1.29, 1.82) is 0 Å². The first kappa shape index (κ1) is 17.2. The molecule has 2 aromatic carbocycles. The first-order valence-corrected chi connectivity index (χ1v) is 9.79. The quantitative estimate of drug-likeness (QED) is 0.694. The number of halogens is 2. The summed E-state index contributed by atoms with van der Waals surface area (Å²) in [6, 6.07) is 11.9. The van der Waals surface area contributed by atoms with Crippen molar-refractivity contribution in [1.82, 2.24) is 10.2 Å². The second kappa shape index (κ2) is 6.68. The van der Waals surface area contributed by atoms with Crippen LogP contribution in [-0.4, -0.2) is 18.6 Å². The van der Waals surface area contributed by atoms with Crippen molar-refractivity contribution in [3.8, 4) is 10.6 Å². The topological polar surface area (TPSA) is 72.0 Å². The number of benzene rings is 2. The summed E-state index contributed by atoms with van der Waals surface area (Å²) >= 11 is 12.9. The smallest absolute Gasteiger partial charge is 0.253 e. The van der Waals surface area contributed by atoms with Gasteiger partial charge in [0.15, 0.2) is 0 Å². The van der Waals surface area contributed by atoms with Gasteiger partial charge < -0.3 is 0 Å². The predicted molar refractivity (Wildman–Crippen MR) is 97.4 cm³/mol. The first-order valence-electron chi connectivity index (χ1n) is 6.73. The molecule has 0 bridgehead atoms. The van der Waals surface area contributed by atoms with E-state index in [-0.39, 0.29) is 20.1 Å². The van der Waals surface area contributed by atoms with Crippen LogP contribution in [0.2, 0.25) is 10.0 Å². The largest absolute Gasteiger partial charge is 0.265 e. The Balaban J connectivity index is 1.88. The third-order valence-corrected chi connectivity index (χ3v) is 6.20. The van der Waals surface area contributed by atoms with E-state index in [1.807, 2.05) is 31.2 Å². The molecule has 0 spiro atoms. The molecule has 24 heavy (non-hydrogen) atoms. The number of aryl methyl sites for hydroxylation is 1. The monoisotopic (exact) mass is 399 g/mol. The average molecular weight is 400 g/mol. The molecule has 1 N–H and O–H groups in total. The van der Waals surface area contributed by atoms with Crippen LogP contribution < -0.4 is 4.72 Å². The third kappa shape index (κ3) is 3.70. The molecule has 0 aliphatic rings. The van der Waals surface area contributed by atoms with Crippen LogP contribution in [0, 0.1) is 6.92 Å². The number of anilines is 1. The van der Waals surface area contributed by atoms with Crippen LogP contribution in [0.5, 0.6) is 0 Å². The van der Waals surface area contributed by atoms with Crippen molar-refractivity contribution in [2.24, 2.45) is 0 Å². The molecule has 0 aliphatic heterocycles. The summed E-state index contributed by atoms with van der Waals surface area (Å²) in [5, 5.41) is 9.02. The standard InChI is InChI=1S/C15H11Cl2N3O2S2/c1-9-2-4-10(5-3-9)14-18-19-15(23-14)20-24(21,22)13-8-11(16)6-7-12(13)17/h2-8H,1H3,(H,19,20). The summed E-state index contributed by atoms with van der Waals surface area (Å²) in [4.78, 5) is -0.108. The van der Waals surface area contributed by atoms with Crippen LogP contribution in [0.4, 0.5) is 5.13 Å². The Morgan fingerprint density at radius 3 is 2.46 bits per heavy atom. The van der Waals surface area contributed by atoms with E-state index in [1.54, 1.807) is 0 Å². The summed E-state index contributed by atoms with van der Waals surface area (Å²) in [5.74, 6) is 0. The van der Waals surface area contributed by atoms with Crippen molar-refractivity contribution in [2.75, 3.05) is 4.72 Å². The highest BCUT2D eigenvalue weighted by Crippen LogP contribution is 2.30. The zero-order valence-electron chi connectivity index (χ0n) is 12.3. The third-order valence-electron chi connectivity index (χ3n) is 3.13. The molecule has 0 saturated carbocycles. The molecule has 3 aromatic rings. The minimum absolute atomic E-state index is 0.0789. The summed E-state index contributed by atoms with van der Waals surface area (Å²) in [6.07, 6.45) is 0. The van der Waals surface area contributed by atoms with Crippen LogP contribution in [0.15, 0.2) is 47.4 Å². The van der Waals surface area contributed by atoms with E-state index in [0.29, 0.717) is 5.01 Å². The maximum atomic E-state index is 12.4. The molecule has 0 aliphatic carbocycles. The number of rotatable bonds is 4. The van der Waals surface area contributed by atoms with Gasteiger partial charge in [-0.2, -0.15) is 0 Å². The number of nitrogens with one attached hydrogen (secondary N) is 1. The number of hydrogen-bond acceptors (Lipinski definition) is 5. The predicted octanol–water partition coefficient (Wildman–Crippen LogP) is 4.62. The summed E-state index contributed by atoms with van der Waals surface area (Å²) in [6.45, 7) is 1.98. The van der Waals surface area contributed by atoms with Crippen molar-refractivity contribution in [3.05, 3.63) is 58.1 Å². The molecular formula is C15H11Cl2N3O2S2. The van der Waals surface area contributed by atoms with E-state index < -0.39 is 10.0 Å². The van der Waals surface area contributed by atoms with Gasteiger partial charge in [0.25, 0.3) is 10.0 Å². The fourth-order valence-electron chi connectivity index (χ4n) is 1.93. The first-order chi connectivity index (χ1) is 11.3. The second-order valence-corrected chi connectivity index (χ2v) is 8.43. The Hall–Kier alpha value is -1.67. The molecule has 0 fully saturated rings. The summed E-state index contributed by atoms with van der Waals surface area (Å²) < 4.78 is 27.3. The zero-order chi connectivity index (χ0) is 17.3. The van der Waals surface area contributed by atoms with Gasteiger partial charge in [0, 0.05) is 10.6 Å². The van der Waals surface area contributed by atoms with E-state index in [2.05, 4.69) is 14.9 Å². The fraction of sp³-hybridized carbons (Fsp3) is 0.0667. The number of nitrogens with zero attached hydrogens (tertiary/aromatic N) is 2. The molecule has 0 unspecified atom stereocenters. The Kier molecular flexibility index (Phi) is 4.78. The highest BCUT2D eigenvalue weighted by atomic mass is 35.5. The zero-order valence-corrected chi connectivity index (χ0v) is 15.5. The lowest BCUT2D eigenvalue weighted by Gasteiger charge is -2.06. The SMILES string of the molecule is Cc1ccc(-c2nnc(NS(=O)(=O)c3cc(Cl)ccc3Cl)s2)cc1. The minimum atomic E-state index is -3.90. The van der Waals surface area contributed by atoms with E-state index in [0.717, 1.165) is 22.5 Å². The molecule has 9 heteroatoms. The maximum Gasteiger partial charge on any atom is 0.265 e. The van der Waals surface area contributed by atoms with Crippen molar-refractivity contribution >= 4 is 49.7 Å². The molecule has 1 heterocycles. The highest BCUT2D eigenvalue weighted by molar-refractivity contribution is 7.93. The molecular weight excluding hydrogens is 389 g/mol. The van der Waals surface area contributed by atoms with E-state index in [9.17, 15) is 8.42 Å². The Morgan fingerprint density at radius 2 is 1.75 bits per heavy atom. The van der Waals surface area contributed by atoms with Crippen LogP contribution in [0.25, 0.3) is 10.6 Å². The summed E-state index contributed by atoms with van der Waals surface area (Å²) in [7, 11) is -3.90. The van der Waals surface area contributed by atoms with Crippen LogP contribution >= 0.6 is 34.5 Å². The van der Waals surface area contributed by atoms with Crippen molar-refractivity contribution in [3.63, 3.8) is 0 Å². The van der Waals surface area contributed by atoms with Crippen LogP contribution in [0.3, 0.4) is 0 Å². The lowest BCUT2D eigenvalue weighted by molar-refractivity contribution is 0.601. The Morgan fingerprint density at radius 1 is 1.04 bits per heavy atom. The van der Waals surface area contributed by atoms with Gasteiger partial charge in [-0.25, -0.2) is 8.42 Å². The van der Waals surface area contributed by atoms with Gasteiger partial charge in [-0.15, -0.1) is 10.2 Å². The molecule has 124 valence electrons. The number of hydrogen-bond donors (Lipinski definition) is 1. The summed E-state index contributed by atoms with van der Waals surface area (Å²) in [5.41, 5.74) is 1.99.